The van der Waals surface area contributed by atoms with Crippen molar-refractivity contribution in [2.45, 2.75) is 30.7 Å². The second-order valence-electron chi connectivity index (χ2n) is 6.25. The maximum atomic E-state index is 12.4. The van der Waals surface area contributed by atoms with Gasteiger partial charge in [-0.15, -0.1) is 12.4 Å². The number of fused-ring (bicyclic) bond motifs is 1. The minimum Gasteiger partial charge on any atom is -0.486 e. The van der Waals surface area contributed by atoms with E-state index in [1.807, 2.05) is 0 Å². The maximum Gasteiger partial charge on any atom is 0.221 e. The summed E-state index contributed by atoms with van der Waals surface area (Å²) in [5.74, 6) is 2.04. The van der Waals surface area contributed by atoms with Gasteiger partial charge in [-0.25, -0.2) is 0 Å². The van der Waals surface area contributed by atoms with Gasteiger partial charge in [-0.1, -0.05) is 6.92 Å². The van der Waals surface area contributed by atoms with Gasteiger partial charge < -0.3 is 20.1 Å². The normalized spacial score (nSPS) is 23.2. The van der Waals surface area contributed by atoms with Gasteiger partial charge in [0.15, 0.2) is 11.5 Å². The van der Waals surface area contributed by atoms with E-state index in [-0.39, 0.29) is 30.8 Å². The zero-order valence-electron chi connectivity index (χ0n) is 14.3. The zero-order chi connectivity index (χ0) is 16.9. The number of hydrogen-bond donors (Lipinski definition) is 2. The molecule has 3 unspecified atom stereocenters. The van der Waals surface area contributed by atoms with Crippen molar-refractivity contribution in [1.82, 2.24) is 10.6 Å². The van der Waals surface area contributed by atoms with Crippen LogP contribution < -0.4 is 20.1 Å². The van der Waals surface area contributed by atoms with Crippen LogP contribution in [0.3, 0.4) is 0 Å². The molecule has 0 aromatic heterocycles. The fourth-order valence-corrected chi connectivity index (χ4v) is 4.00. The number of carbonyl (C=O) groups is 1. The molecular formula is C17H25ClN2O4S. The third kappa shape index (κ3) is 5.33. The van der Waals surface area contributed by atoms with Gasteiger partial charge in [0.05, 0.1) is 10.8 Å². The highest BCUT2D eigenvalue weighted by Crippen LogP contribution is 2.31. The Morgan fingerprint density at radius 3 is 2.84 bits per heavy atom. The summed E-state index contributed by atoms with van der Waals surface area (Å²) in [6.07, 6.45) is 1.32. The summed E-state index contributed by atoms with van der Waals surface area (Å²) < 4.78 is 23.4. The molecule has 8 heteroatoms. The number of ether oxygens (including phenoxy) is 2. The number of nitrogens with one attached hydrogen (secondary N) is 2. The van der Waals surface area contributed by atoms with E-state index < -0.39 is 10.8 Å². The van der Waals surface area contributed by atoms with E-state index in [0.29, 0.717) is 41.3 Å². The van der Waals surface area contributed by atoms with Crippen LogP contribution in [-0.4, -0.2) is 48.2 Å². The van der Waals surface area contributed by atoms with Gasteiger partial charge in [0.1, 0.15) is 13.2 Å². The molecule has 2 aliphatic heterocycles. The number of rotatable bonds is 5. The third-order valence-electron chi connectivity index (χ3n) is 4.47. The first kappa shape index (κ1) is 20.0. The van der Waals surface area contributed by atoms with Crippen LogP contribution in [0, 0.1) is 5.92 Å². The van der Waals surface area contributed by atoms with Crippen molar-refractivity contribution in [3.63, 3.8) is 0 Å². The fourth-order valence-electron chi connectivity index (χ4n) is 2.93. The van der Waals surface area contributed by atoms with Crippen LogP contribution >= 0.6 is 12.4 Å². The molecule has 140 valence electrons. The van der Waals surface area contributed by atoms with Crippen LogP contribution in [0.25, 0.3) is 0 Å². The standard InChI is InChI=1S/C17H24N2O4S.ClH/c1-12-4-6-18-11-14(12)19-17(20)5-9-24(21)13-2-3-15-16(10-13)23-8-7-22-15;/h2-3,10,12,14,18H,4-9,11H2,1H3,(H,19,20);1H. The Bertz CT molecular complexity index is 629. The molecular weight excluding hydrogens is 364 g/mol. The predicted octanol–water partition coefficient (Wildman–Crippen LogP) is 1.49. The first-order valence-corrected chi connectivity index (χ1v) is 9.73. The van der Waals surface area contributed by atoms with Gasteiger partial charge in [0.2, 0.25) is 5.91 Å². The van der Waals surface area contributed by atoms with Gasteiger partial charge in [0.25, 0.3) is 0 Å². The second kappa shape index (κ2) is 9.40. The smallest absolute Gasteiger partial charge is 0.221 e. The Morgan fingerprint density at radius 2 is 2.08 bits per heavy atom. The molecule has 1 aromatic carbocycles. The minimum atomic E-state index is -1.23. The molecule has 3 atom stereocenters. The van der Waals surface area contributed by atoms with E-state index in [1.54, 1.807) is 18.2 Å². The minimum absolute atomic E-state index is 0. The van der Waals surface area contributed by atoms with Gasteiger partial charge in [-0.3, -0.25) is 9.00 Å². The van der Waals surface area contributed by atoms with Crippen LogP contribution in [0.4, 0.5) is 0 Å². The molecule has 1 saturated heterocycles. The van der Waals surface area contributed by atoms with E-state index >= 15 is 0 Å². The number of benzene rings is 1. The Morgan fingerprint density at radius 1 is 1.32 bits per heavy atom. The average molecular weight is 389 g/mol. The summed E-state index contributed by atoms with van der Waals surface area (Å²) >= 11 is 0. The number of halogens is 1. The average Bonchev–Trinajstić information content (AvgIpc) is 2.61. The lowest BCUT2D eigenvalue weighted by molar-refractivity contribution is -0.121. The van der Waals surface area contributed by atoms with E-state index in [9.17, 15) is 9.00 Å². The predicted molar refractivity (Wildman–Crippen MR) is 99.2 cm³/mol. The van der Waals surface area contributed by atoms with Gasteiger partial charge in [-0.05, 0) is 31.0 Å². The highest BCUT2D eigenvalue weighted by molar-refractivity contribution is 7.85. The molecule has 1 fully saturated rings. The van der Waals surface area contributed by atoms with Gasteiger partial charge in [-0.2, -0.15) is 0 Å². The lowest BCUT2D eigenvalue weighted by Gasteiger charge is -2.30. The van der Waals surface area contributed by atoms with Crippen LogP contribution in [0.5, 0.6) is 11.5 Å². The first-order valence-electron chi connectivity index (χ1n) is 8.41. The molecule has 0 radical (unpaired) electrons. The summed E-state index contributed by atoms with van der Waals surface area (Å²) in [5, 5.41) is 6.33. The summed E-state index contributed by atoms with van der Waals surface area (Å²) in [7, 11) is -1.23. The molecule has 25 heavy (non-hydrogen) atoms. The Labute approximate surface area is 156 Å². The molecule has 0 aliphatic carbocycles. The van der Waals surface area contributed by atoms with Crippen molar-refractivity contribution in [1.29, 1.82) is 0 Å². The van der Waals surface area contributed by atoms with Gasteiger partial charge in [0, 0.05) is 35.7 Å². The number of hydrogen-bond acceptors (Lipinski definition) is 5. The SMILES string of the molecule is CC1CCNCC1NC(=O)CCS(=O)c1ccc2c(c1)OCCO2.Cl. The molecule has 0 spiro atoms. The lowest BCUT2D eigenvalue weighted by atomic mass is 9.95. The summed E-state index contributed by atoms with van der Waals surface area (Å²) in [4.78, 5) is 12.8. The Balaban J connectivity index is 0.00000225. The topological polar surface area (TPSA) is 76.7 Å². The zero-order valence-corrected chi connectivity index (χ0v) is 15.9. The Kier molecular flexibility index (Phi) is 7.53. The van der Waals surface area contributed by atoms with Crippen molar-refractivity contribution >= 4 is 29.1 Å². The molecule has 3 rings (SSSR count). The molecule has 6 nitrogen and oxygen atoms in total. The van der Waals surface area contributed by atoms with E-state index in [2.05, 4.69) is 17.6 Å². The highest BCUT2D eigenvalue weighted by atomic mass is 35.5. The lowest BCUT2D eigenvalue weighted by Crippen LogP contribution is -2.50. The van der Waals surface area contributed by atoms with E-state index in [1.165, 1.54) is 0 Å². The van der Waals surface area contributed by atoms with Crippen LogP contribution in [0.1, 0.15) is 19.8 Å². The number of carbonyl (C=O) groups excluding carboxylic acids is 1. The molecule has 2 aliphatic rings. The summed E-state index contributed by atoms with van der Waals surface area (Å²) in [5.41, 5.74) is 0. The molecule has 2 heterocycles. The van der Waals surface area contributed by atoms with Crippen LogP contribution in [-0.2, 0) is 15.6 Å². The fraction of sp³-hybridized carbons (Fsp3) is 0.588. The molecule has 0 saturated carbocycles. The molecule has 0 bridgehead atoms. The van der Waals surface area contributed by atoms with Crippen molar-refractivity contribution < 1.29 is 18.5 Å². The highest BCUT2D eigenvalue weighted by Gasteiger charge is 2.22. The first-order chi connectivity index (χ1) is 11.6. The summed E-state index contributed by atoms with van der Waals surface area (Å²) in [6.45, 7) is 4.99. The number of piperidine rings is 1. The van der Waals surface area contributed by atoms with Crippen LogP contribution in [0.15, 0.2) is 23.1 Å². The Hall–Kier alpha value is -1.31. The molecule has 1 amide bonds. The van der Waals surface area contributed by atoms with Crippen molar-refractivity contribution in [2.75, 3.05) is 32.1 Å². The van der Waals surface area contributed by atoms with E-state index in [4.69, 9.17) is 9.47 Å². The van der Waals surface area contributed by atoms with Crippen molar-refractivity contribution in [3.05, 3.63) is 18.2 Å². The van der Waals surface area contributed by atoms with Gasteiger partial charge >= 0.3 is 0 Å². The quantitative estimate of drug-likeness (QED) is 0.799. The van der Waals surface area contributed by atoms with Crippen LogP contribution in [0.2, 0.25) is 0 Å². The summed E-state index contributed by atoms with van der Waals surface area (Å²) in [6, 6.07) is 5.45. The van der Waals surface area contributed by atoms with E-state index in [0.717, 1.165) is 19.5 Å². The largest absolute Gasteiger partial charge is 0.486 e. The maximum absolute atomic E-state index is 12.4. The van der Waals surface area contributed by atoms with Crippen molar-refractivity contribution in [2.24, 2.45) is 5.92 Å². The second-order valence-corrected chi connectivity index (χ2v) is 7.82. The third-order valence-corrected chi connectivity index (χ3v) is 5.82. The van der Waals surface area contributed by atoms with Crippen molar-refractivity contribution in [3.8, 4) is 11.5 Å². The molecule has 1 aromatic rings. The monoisotopic (exact) mass is 388 g/mol. The number of amides is 1. The molecule has 2 N–H and O–H groups in total.